The normalized spacial score (nSPS) is 15.4. The Morgan fingerprint density at radius 1 is 1.00 bits per heavy atom. The van der Waals surface area contributed by atoms with E-state index in [0.717, 1.165) is 12.0 Å². The topological polar surface area (TPSA) is 20.2 Å². The lowest BCUT2D eigenvalue weighted by Crippen LogP contribution is -2.26. The summed E-state index contributed by atoms with van der Waals surface area (Å²) >= 11 is 0. The fourth-order valence-electron chi connectivity index (χ4n) is 3.03. The smallest absolute Gasteiger partial charge is 0.0829 e. The van der Waals surface area contributed by atoms with Gasteiger partial charge in [0.15, 0.2) is 0 Å². The van der Waals surface area contributed by atoms with E-state index >= 15 is 0 Å². The van der Waals surface area contributed by atoms with Crippen LogP contribution in [0.3, 0.4) is 0 Å². The second-order valence-corrected chi connectivity index (χ2v) is 6.39. The van der Waals surface area contributed by atoms with E-state index in [9.17, 15) is 5.11 Å². The summed E-state index contributed by atoms with van der Waals surface area (Å²) in [6.07, 6.45) is 0.574. The lowest BCUT2D eigenvalue weighted by molar-refractivity contribution is 0.0402. The number of benzene rings is 2. The van der Waals surface area contributed by atoms with Crippen LogP contribution in [0.1, 0.15) is 45.8 Å². The Bertz CT molecular complexity index is 546. The van der Waals surface area contributed by atoms with Crippen LogP contribution in [-0.2, 0) is 0 Å². The summed E-state index contributed by atoms with van der Waals surface area (Å²) in [4.78, 5) is 0. The molecule has 0 heterocycles. The minimum atomic E-state index is -0.406. The van der Waals surface area contributed by atoms with Crippen molar-refractivity contribution in [2.45, 2.75) is 40.2 Å². The predicted octanol–water partition coefficient (Wildman–Crippen LogP) is 4.95. The van der Waals surface area contributed by atoms with Gasteiger partial charge in [-0.15, -0.1) is 0 Å². The fourth-order valence-corrected chi connectivity index (χ4v) is 3.03. The first-order chi connectivity index (χ1) is 8.95. The summed E-state index contributed by atoms with van der Waals surface area (Å²) in [5.74, 6) is 0.262. The minimum Gasteiger partial charge on any atom is -0.388 e. The van der Waals surface area contributed by atoms with Crippen LogP contribution >= 0.6 is 0 Å². The highest BCUT2D eigenvalue weighted by molar-refractivity contribution is 5.86. The second kappa shape index (κ2) is 5.34. The molecule has 2 aromatic carbocycles. The zero-order chi connectivity index (χ0) is 14.0. The quantitative estimate of drug-likeness (QED) is 0.824. The first-order valence-electron chi connectivity index (χ1n) is 7.11. The molecule has 0 spiro atoms. The van der Waals surface area contributed by atoms with Gasteiger partial charge in [-0.2, -0.15) is 0 Å². The first-order valence-corrected chi connectivity index (χ1v) is 7.11. The first kappa shape index (κ1) is 14.1. The summed E-state index contributed by atoms with van der Waals surface area (Å²) < 4.78 is 0. The molecule has 2 rings (SSSR count). The van der Waals surface area contributed by atoms with E-state index in [0.29, 0.717) is 0 Å². The van der Waals surface area contributed by atoms with Crippen molar-refractivity contribution in [3.8, 4) is 0 Å². The molecule has 19 heavy (non-hydrogen) atoms. The van der Waals surface area contributed by atoms with E-state index in [2.05, 4.69) is 52.0 Å². The molecule has 0 amide bonds. The van der Waals surface area contributed by atoms with Crippen molar-refractivity contribution >= 4 is 10.8 Å². The minimum absolute atomic E-state index is 0.102. The Labute approximate surface area is 116 Å². The van der Waals surface area contributed by atoms with Crippen molar-refractivity contribution in [1.29, 1.82) is 0 Å². The highest BCUT2D eigenvalue weighted by Gasteiger charge is 2.31. The molecule has 0 fully saturated rings. The molecule has 2 unspecified atom stereocenters. The van der Waals surface area contributed by atoms with E-state index in [1.165, 1.54) is 10.8 Å². The molecule has 0 aliphatic heterocycles. The molecule has 1 heteroatoms. The number of aliphatic hydroxyl groups is 1. The van der Waals surface area contributed by atoms with Crippen LogP contribution in [0, 0.1) is 11.3 Å². The van der Waals surface area contributed by atoms with Gasteiger partial charge in [-0.3, -0.25) is 0 Å². The van der Waals surface area contributed by atoms with Gasteiger partial charge in [-0.25, -0.2) is 0 Å². The molecular weight excluding hydrogens is 232 g/mol. The van der Waals surface area contributed by atoms with Gasteiger partial charge in [0.2, 0.25) is 0 Å². The van der Waals surface area contributed by atoms with Gasteiger partial charge in [-0.05, 0) is 27.7 Å². The van der Waals surface area contributed by atoms with Crippen LogP contribution in [0.4, 0.5) is 0 Å². The summed E-state index contributed by atoms with van der Waals surface area (Å²) in [5, 5.41) is 13.2. The van der Waals surface area contributed by atoms with Gasteiger partial charge < -0.3 is 5.11 Å². The number of aliphatic hydroxyl groups excluding tert-OH is 1. The zero-order valence-corrected chi connectivity index (χ0v) is 12.4. The molecule has 2 atom stereocenters. The average molecular weight is 256 g/mol. The predicted molar refractivity (Wildman–Crippen MR) is 82.1 cm³/mol. The van der Waals surface area contributed by atoms with Crippen LogP contribution in [0.5, 0.6) is 0 Å². The van der Waals surface area contributed by atoms with E-state index in [-0.39, 0.29) is 11.3 Å². The van der Waals surface area contributed by atoms with Crippen LogP contribution in [0.25, 0.3) is 10.8 Å². The van der Waals surface area contributed by atoms with Crippen molar-refractivity contribution < 1.29 is 5.11 Å². The van der Waals surface area contributed by atoms with Crippen molar-refractivity contribution in [2.24, 2.45) is 11.3 Å². The van der Waals surface area contributed by atoms with Crippen molar-refractivity contribution in [3.05, 3.63) is 48.0 Å². The standard InChI is InChI=1S/C18H24O/c1-5-16(18(2,3)4)17(19)15-12-8-10-13-9-6-7-11-14(13)15/h6-12,16-17,19H,5H2,1-4H3. The third-order valence-electron chi connectivity index (χ3n) is 4.08. The number of hydrogen-bond donors (Lipinski definition) is 1. The Hall–Kier alpha value is -1.34. The molecule has 2 aromatic rings. The van der Waals surface area contributed by atoms with Crippen LogP contribution in [0.15, 0.2) is 42.5 Å². The van der Waals surface area contributed by atoms with E-state index in [1.807, 2.05) is 18.2 Å². The SMILES string of the molecule is CCC(C(O)c1cccc2ccccc12)C(C)(C)C. The molecule has 0 aliphatic carbocycles. The fraction of sp³-hybridized carbons (Fsp3) is 0.444. The van der Waals surface area contributed by atoms with Gasteiger partial charge in [0.1, 0.15) is 0 Å². The maximum absolute atomic E-state index is 10.8. The summed E-state index contributed by atoms with van der Waals surface area (Å²) in [6.45, 7) is 8.77. The van der Waals surface area contributed by atoms with Crippen LogP contribution in [0.2, 0.25) is 0 Å². The number of hydrogen-bond acceptors (Lipinski definition) is 1. The summed E-state index contributed by atoms with van der Waals surface area (Å²) in [7, 11) is 0. The summed E-state index contributed by atoms with van der Waals surface area (Å²) in [6, 6.07) is 14.5. The van der Waals surface area contributed by atoms with Crippen molar-refractivity contribution in [3.63, 3.8) is 0 Å². The number of fused-ring (bicyclic) bond motifs is 1. The molecule has 0 aromatic heterocycles. The molecule has 1 nitrogen and oxygen atoms in total. The maximum Gasteiger partial charge on any atom is 0.0829 e. The third-order valence-corrected chi connectivity index (χ3v) is 4.08. The van der Waals surface area contributed by atoms with Gasteiger partial charge in [-0.1, -0.05) is 76.6 Å². The Morgan fingerprint density at radius 3 is 2.26 bits per heavy atom. The Balaban J connectivity index is 2.49. The lowest BCUT2D eigenvalue weighted by atomic mass is 9.73. The Kier molecular flexibility index (Phi) is 3.96. The molecular formula is C18H24O. The summed E-state index contributed by atoms with van der Waals surface area (Å²) in [5.41, 5.74) is 1.16. The number of rotatable bonds is 3. The van der Waals surface area contributed by atoms with Crippen molar-refractivity contribution in [2.75, 3.05) is 0 Å². The molecule has 1 N–H and O–H groups in total. The van der Waals surface area contributed by atoms with Gasteiger partial charge in [0.05, 0.1) is 6.10 Å². The largest absolute Gasteiger partial charge is 0.388 e. The van der Waals surface area contributed by atoms with Crippen LogP contribution < -0.4 is 0 Å². The van der Waals surface area contributed by atoms with Gasteiger partial charge in [0, 0.05) is 0 Å². The lowest BCUT2D eigenvalue weighted by Gasteiger charge is -2.34. The molecule has 0 radical (unpaired) electrons. The van der Waals surface area contributed by atoms with E-state index < -0.39 is 6.10 Å². The zero-order valence-electron chi connectivity index (χ0n) is 12.4. The molecule has 0 bridgehead atoms. The van der Waals surface area contributed by atoms with E-state index in [1.54, 1.807) is 0 Å². The highest BCUT2D eigenvalue weighted by Crippen LogP contribution is 2.40. The maximum atomic E-state index is 10.8. The monoisotopic (exact) mass is 256 g/mol. The van der Waals surface area contributed by atoms with E-state index in [4.69, 9.17) is 0 Å². The highest BCUT2D eigenvalue weighted by atomic mass is 16.3. The van der Waals surface area contributed by atoms with Gasteiger partial charge >= 0.3 is 0 Å². The molecule has 0 aliphatic rings. The Morgan fingerprint density at radius 2 is 1.63 bits per heavy atom. The molecule has 0 saturated carbocycles. The van der Waals surface area contributed by atoms with Crippen LogP contribution in [-0.4, -0.2) is 5.11 Å². The van der Waals surface area contributed by atoms with Crippen molar-refractivity contribution in [1.82, 2.24) is 0 Å². The third kappa shape index (κ3) is 2.82. The molecule has 0 saturated heterocycles. The second-order valence-electron chi connectivity index (χ2n) is 6.39. The van der Waals surface area contributed by atoms with Gasteiger partial charge in [0.25, 0.3) is 0 Å². The molecule has 102 valence electrons. The average Bonchev–Trinajstić information content (AvgIpc) is 2.37.